The molecule has 2 rings (SSSR count). The van der Waals surface area contributed by atoms with Crippen LogP contribution < -0.4 is 0 Å². The average Bonchev–Trinajstić information content (AvgIpc) is 2.46. The molecule has 4 heteroatoms. The molecule has 0 heterocycles. The highest BCUT2D eigenvalue weighted by Crippen LogP contribution is 2.28. The number of thiocarbonyl (C=S) groups is 1. The van der Waals surface area contributed by atoms with Gasteiger partial charge in [-0.2, -0.15) is 0 Å². The Bertz CT molecular complexity index is 638. The Balaban J connectivity index is 2.69. The van der Waals surface area contributed by atoms with Gasteiger partial charge in [0.15, 0.2) is 11.3 Å². The van der Waals surface area contributed by atoms with Crippen molar-refractivity contribution in [3.8, 4) is 11.1 Å². The first-order valence-corrected chi connectivity index (χ1v) is 6.01. The van der Waals surface area contributed by atoms with Gasteiger partial charge in [-0.15, -0.1) is 0 Å². The number of hydrogen-bond donors (Lipinski definition) is 0. The Morgan fingerprint density at radius 1 is 1.16 bits per heavy atom. The minimum atomic E-state index is -0.550. The molecule has 0 saturated heterocycles. The van der Waals surface area contributed by atoms with Gasteiger partial charge >= 0.3 is 0 Å². The number of methoxy groups -OCH3 is 1. The van der Waals surface area contributed by atoms with E-state index in [1.807, 2.05) is 6.07 Å². The number of benzene rings is 2. The molecule has 0 fully saturated rings. The largest absolute Gasteiger partial charge is 0.486 e. The quantitative estimate of drug-likeness (QED) is 0.631. The molecular weight excluding hydrogens is 263 g/mol. The van der Waals surface area contributed by atoms with Gasteiger partial charge in [0.05, 0.1) is 12.7 Å². The van der Waals surface area contributed by atoms with E-state index in [1.165, 1.54) is 13.2 Å². The molecule has 0 spiro atoms. The summed E-state index contributed by atoms with van der Waals surface area (Å²) in [7, 11) is 1.48. The molecule has 0 N–H and O–H groups in total. The summed E-state index contributed by atoms with van der Waals surface area (Å²) in [4.78, 5) is 11.1. The van der Waals surface area contributed by atoms with Crippen LogP contribution in [0.2, 0.25) is 0 Å². The number of rotatable bonds is 3. The van der Waals surface area contributed by atoms with Crippen LogP contribution in [0.1, 0.15) is 15.9 Å². The average molecular weight is 274 g/mol. The van der Waals surface area contributed by atoms with E-state index in [1.54, 1.807) is 30.3 Å². The van der Waals surface area contributed by atoms with Gasteiger partial charge < -0.3 is 4.74 Å². The van der Waals surface area contributed by atoms with Gasteiger partial charge in [-0.3, -0.25) is 4.79 Å². The molecule has 0 bridgehead atoms. The third-order valence-corrected chi connectivity index (χ3v) is 3.18. The van der Waals surface area contributed by atoms with Crippen molar-refractivity contribution in [3.63, 3.8) is 0 Å². The molecule has 2 aromatic rings. The number of aldehydes is 1. The summed E-state index contributed by atoms with van der Waals surface area (Å²) in [6, 6.07) is 11.7. The van der Waals surface area contributed by atoms with Crippen LogP contribution in [0.3, 0.4) is 0 Å². The Labute approximate surface area is 115 Å². The lowest BCUT2D eigenvalue weighted by Gasteiger charge is -2.11. The normalized spacial score (nSPS) is 10.0. The minimum Gasteiger partial charge on any atom is -0.486 e. The monoisotopic (exact) mass is 274 g/mol. The number of carbonyl (C=O) groups is 1. The zero-order valence-corrected chi connectivity index (χ0v) is 11.0. The van der Waals surface area contributed by atoms with Gasteiger partial charge in [-0.25, -0.2) is 4.39 Å². The molecule has 2 nitrogen and oxygen atoms in total. The highest BCUT2D eigenvalue weighted by atomic mass is 32.1. The number of hydrogen-bond acceptors (Lipinski definition) is 3. The lowest BCUT2D eigenvalue weighted by atomic mass is 9.96. The first-order chi connectivity index (χ1) is 9.19. The zero-order chi connectivity index (χ0) is 13.8. The summed E-state index contributed by atoms with van der Waals surface area (Å²) in [6.07, 6.45) is 0.511. The summed E-state index contributed by atoms with van der Waals surface area (Å²) < 4.78 is 18.7. The molecule has 0 aliphatic carbocycles. The lowest BCUT2D eigenvalue weighted by molar-refractivity contribution is 0.112. The van der Waals surface area contributed by atoms with Crippen molar-refractivity contribution < 1.29 is 13.9 Å². The van der Waals surface area contributed by atoms with Crippen LogP contribution in [0.25, 0.3) is 11.1 Å². The van der Waals surface area contributed by atoms with Crippen LogP contribution in [0.5, 0.6) is 0 Å². The predicted molar refractivity (Wildman–Crippen MR) is 75.9 cm³/mol. The lowest BCUT2D eigenvalue weighted by Crippen LogP contribution is -2.03. The standard InChI is InChI=1S/C15H11FO2S/c1-18-15(19)12-6-3-2-5-10(12)11-7-4-8-14(16)13(11)9-17/h2-9H,1H3. The van der Waals surface area contributed by atoms with Gasteiger partial charge in [0.1, 0.15) is 5.82 Å². The second kappa shape index (κ2) is 5.71. The Kier molecular flexibility index (Phi) is 4.02. The molecule has 19 heavy (non-hydrogen) atoms. The van der Waals surface area contributed by atoms with Crippen LogP contribution in [0.4, 0.5) is 4.39 Å². The summed E-state index contributed by atoms with van der Waals surface area (Å²) >= 11 is 5.12. The Morgan fingerprint density at radius 2 is 1.84 bits per heavy atom. The SMILES string of the molecule is COC(=S)c1ccccc1-c1cccc(F)c1C=O. The topological polar surface area (TPSA) is 26.3 Å². The minimum absolute atomic E-state index is 0.0221. The van der Waals surface area contributed by atoms with E-state index in [0.29, 0.717) is 28.0 Å². The van der Waals surface area contributed by atoms with Crippen molar-refractivity contribution in [2.24, 2.45) is 0 Å². The van der Waals surface area contributed by atoms with Crippen molar-refractivity contribution in [3.05, 3.63) is 59.4 Å². The van der Waals surface area contributed by atoms with Crippen molar-refractivity contribution >= 4 is 23.6 Å². The Hall–Kier alpha value is -2.07. The van der Waals surface area contributed by atoms with E-state index in [-0.39, 0.29) is 5.56 Å². The van der Waals surface area contributed by atoms with Gasteiger partial charge in [-0.05, 0) is 35.5 Å². The molecule has 0 aliphatic rings. The molecular formula is C15H11FO2S. The first kappa shape index (κ1) is 13.4. The fourth-order valence-corrected chi connectivity index (χ4v) is 2.08. The number of halogens is 1. The van der Waals surface area contributed by atoms with Crippen LogP contribution in [-0.2, 0) is 4.74 Å². The van der Waals surface area contributed by atoms with Crippen molar-refractivity contribution in [2.45, 2.75) is 0 Å². The van der Waals surface area contributed by atoms with Gasteiger partial charge in [0, 0.05) is 5.56 Å². The highest BCUT2D eigenvalue weighted by molar-refractivity contribution is 7.80. The highest BCUT2D eigenvalue weighted by Gasteiger charge is 2.14. The molecule has 0 atom stereocenters. The smallest absolute Gasteiger partial charge is 0.191 e. The maximum atomic E-state index is 13.7. The van der Waals surface area contributed by atoms with Crippen LogP contribution in [-0.4, -0.2) is 18.4 Å². The fourth-order valence-electron chi connectivity index (χ4n) is 1.90. The summed E-state index contributed by atoms with van der Waals surface area (Å²) in [5.74, 6) is -0.550. The van der Waals surface area contributed by atoms with Gasteiger partial charge in [0.2, 0.25) is 0 Å². The van der Waals surface area contributed by atoms with Crippen molar-refractivity contribution in [1.82, 2.24) is 0 Å². The summed E-state index contributed by atoms with van der Waals surface area (Å²) in [6.45, 7) is 0. The van der Waals surface area contributed by atoms with E-state index in [4.69, 9.17) is 17.0 Å². The molecule has 0 aliphatic heterocycles. The molecule has 0 aromatic heterocycles. The van der Waals surface area contributed by atoms with Crippen LogP contribution >= 0.6 is 12.2 Å². The fraction of sp³-hybridized carbons (Fsp3) is 0.0667. The van der Waals surface area contributed by atoms with Gasteiger partial charge in [0.25, 0.3) is 0 Å². The molecule has 0 amide bonds. The van der Waals surface area contributed by atoms with E-state index >= 15 is 0 Å². The molecule has 0 unspecified atom stereocenters. The third kappa shape index (κ3) is 2.53. The van der Waals surface area contributed by atoms with E-state index in [9.17, 15) is 9.18 Å². The molecule has 2 aromatic carbocycles. The molecule has 96 valence electrons. The second-order valence-corrected chi connectivity index (χ2v) is 4.23. The maximum absolute atomic E-state index is 13.7. The van der Waals surface area contributed by atoms with E-state index in [0.717, 1.165) is 0 Å². The first-order valence-electron chi connectivity index (χ1n) is 5.60. The Morgan fingerprint density at radius 3 is 2.53 bits per heavy atom. The van der Waals surface area contributed by atoms with E-state index < -0.39 is 5.82 Å². The third-order valence-electron chi connectivity index (χ3n) is 2.79. The van der Waals surface area contributed by atoms with Crippen molar-refractivity contribution in [1.29, 1.82) is 0 Å². The molecule has 0 radical (unpaired) electrons. The zero-order valence-electron chi connectivity index (χ0n) is 10.2. The summed E-state index contributed by atoms with van der Waals surface area (Å²) in [5.41, 5.74) is 1.86. The van der Waals surface area contributed by atoms with E-state index in [2.05, 4.69) is 0 Å². The molecule has 0 saturated carbocycles. The number of carbonyl (C=O) groups excluding carboxylic acids is 1. The summed E-state index contributed by atoms with van der Waals surface area (Å²) in [5, 5.41) is 0.303. The number of ether oxygens (including phenoxy) is 1. The van der Waals surface area contributed by atoms with Crippen LogP contribution in [0.15, 0.2) is 42.5 Å². The van der Waals surface area contributed by atoms with Gasteiger partial charge in [-0.1, -0.05) is 30.3 Å². The second-order valence-electron chi connectivity index (χ2n) is 3.86. The maximum Gasteiger partial charge on any atom is 0.191 e. The van der Waals surface area contributed by atoms with Crippen molar-refractivity contribution in [2.75, 3.05) is 7.11 Å². The van der Waals surface area contributed by atoms with Crippen LogP contribution in [0, 0.1) is 5.82 Å². The predicted octanol–water partition coefficient (Wildman–Crippen LogP) is 3.63.